The molecule has 6 heteroatoms. The molecular formula is C23H28FN3O2. The molecule has 1 aliphatic heterocycles. The number of ketones is 1. The molecule has 0 aliphatic carbocycles. The Morgan fingerprint density at radius 2 is 1.76 bits per heavy atom. The van der Waals surface area contributed by atoms with E-state index in [1.165, 1.54) is 13.0 Å². The fourth-order valence-electron chi connectivity index (χ4n) is 3.75. The van der Waals surface area contributed by atoms with Crippen LogP contribution in [-0.2, 0) is 4.79 Å². The third kappa shape index (κ3) is 4.82. The average Bonchev–Trinajstić information content (AvgIpc) is 2.70. The minimum absolute atomic E-state index is 0.0761. The summed E-state index contributed by atoms with van der Waals surface area (Å²) in [5, 5.41) is 0. The van der Waals surface area contributed by atoms with Crippen LogP contribution in [0.3, 0.4) is 0 Å². The number of carbonyl (C=O) groups excluding carboxylic acids is 2. The van der Waals surface area contributed by atoms with Crippen LogP contribution in [0.2, 0.25) is 0 Å². The lowest BCUT2D eigenvalue weighted by atomic mass is 10.1. The molecule has 0 radical (unpaired) electrons. The van der Waals surface area contributed by atoms with E-state index in [1.54, 1.807) is 12.1 Å². The van der Waals surface area contributed by atoms with Gasteiger partial charge in [-0.05, 0) is 50.6 Å². The predicted molar refractivity (Wildman–Crippen MR) is 114 cm³/mol. The molecule has 0 atom stereocenters. The van der Waals surface area contributed by atoms with Gasteiger partial charge in [0.15, 0.2) is 5.78 Å². The quantitative estimate of drug-likeness (QED) is 0.700. The molecule has 0 bridgehead atoms. The summed E-state index contributed by atoms with van der Waals surface area (Å²) in [5.41, 5.74) is 2.92. The Bertz CT molecular complexity index is 891. The lowest BCUT2D eigenvalue weighted by Gasteiger charge is -2.36. The molecule has 0 spiro atoms. The van der Waals surface area contributed by atoms with Gasteiger partial charge in [-0.25, -0.2) is 4.39 Å². The summed E-state index contributed by atoms with van der Waals surface area (Å²) in [6.45, 7) is 9.04. The number of nitrogens with zero attached hydrogens (tertiary/aromatic N) is 3. The molecule has 1 fully saturated rings. The van der Waals surface area contributed by atoms with Gasteiger partial charge in [-0.1, -0.05) is 18.2 Å². The molecular weight excluding hydrogens is 369 g/mol. The van der Waals surface area contributed by atoms with Crippen LogP contribution >= 0.6 is 0 Å². The van der Waals surface area contributed by atoms with Gasteiger partial charge in [0.25, 0.3) is 0 Å². The van der Waals surface area contributed by atoms with Crippen molar-refractivity contribution < 1.29 is 14.0 Å². The van der Waals surface area contributed by atoms with Crippen LogP contribution in [0.15, 0.2) is 42.5 Å². The van der Waals surface area contributed by atoms with Gasteiger partial charge in [-0.2, -0.15) is 0 Å². The number of benzene rings is 2. The molecule has 2 aromatic rings. The second kappa shape index (κ2) is 9.18. The number of halogens is 1. The highest BCUT2D eigenvalue weighted by molar-refractivity contribution is 5.95. The Morgan fingerprint density at radius 1 is 1.07 bits per heavy atom. The normalized spacial score (nSPS) is 14.7. The van der Waals surface area contributed by atoms with E-state index in [9.17, 15) is 14.0 Å². The van der Waals surface area contributed by atoms with E-state index >= 15 is 0 Å². The van der Waals surface area contributed by atoms with Gasteiger partial charge in [0, 0.05) is 44.0 Å². The van der Waals surface area contributed by atoms with Crippen molar-refractivity contribution in [3.8, 4) is 0 Å². The molecule has 1 amide bonds. The minimum atomic E-state index is -0.376. The Labute approximate surface area is 171 Å². The van der Waals surface area contributed by atoms with Gasteiger partial charge in [-0.3, -0.25) is 14.5 Å². The second-order valence-electron chi connectivity index (χ2n) is 7.41. The lowest BCUT2D eigenvalue weighted by Crippen LogP contribution is -2.50. The van der Waals surface area contributed by atoms with Crippen molar-refractivity contribution in [3.63, 3.8) is 0 Å². The Kier molecular flexibility index (Phi) is 6.64. The first kappa shape index (κ1) is 21.0. The van der Waals surface area contributed by atoms with Crippen molar-refractivity contribution in [1.82, 2.24) is 4.90 Å². The highest BCUT2D eigenvalue weighted by atomic mass is 19.1. The van der Waals surface area contributed by atoms with Crippen molar-refractivity contribution in [2.24, 2.45) is 0 Å². The number of carbonyl (C=O) groups is 2. The van der Waals surface area contributed by atoms with Crippen LogP contribution in [0.4, 0.5) is 15.8 Å². The van der Waals surface area contributed by atoms with E-state index in [2.05, 4.69) is 4.90 Å². The maximum atomic E-state index is 14.4. The summed E-state index contributed by atoms with van der Waals surface area (Å²) in [7, 11) is 0. The molecule has 0 saturated carbocycles. The van der Waals surface area contributed by atoms with Crippen LogP contribution in [0.1, 0.15) is 29.8 Å². The van der Waals surface area contributed by atoms with Gasteiger partial charge in [0.1, 0.15) is 5.82 Å². The SMILES string of the molecule is CCN(C(=O)CN1CCN(c2ccc(C(C)=O)cc2F)CC1)c1ccccc1C. The number of anilines is 2. The van der Waals surface area contributed by atoms with E-state index in [0.29, 0.717) is 50.5 Å². The third-order valence-electron chi connectivity index (χ3n) is 5.45. The average molecular weight is 397 g/mol. The van der Waals surface area contributed by atoms with Gasteiger partial charge >= 0.3 is 0 Å². The molecule has 1 aliphatic rings. The fraction of sp³-hybridized carbons (Fsp3) is 0.391. The molecule has 2 aromatic carbocycles. The van der Waals surface area contributed by atoms with Crippen molar-refractivity contribution in [2.45, 2.75) is 20.8 Å². The van der Waals surface area contributed by atoms with Crippen LogP contribution in [-0.4, -0.2) is 55.9 Å². The Morgan fingerprint density at radius 3 is 2.34 bits per heavy atom. The molecule has 0 unspecified atom stereocenters. The van der Waals surface area contributed by atoms with Crippen LogP contribution in [0.5, 0.6) is 0 Å². The fourth-order valence-corrected chi connectivity index (χ4v) is 3.75. The molecule has 3 rings (SSSR count). The molecule has 0 aromatic heterocycles. The highest BCUT2D eigenvalue weighted by Gasteiger charge is 2.24. The maximum Gasteiger partial charge on any atom is 0.241 e. The summed E-state index contributed by atoms with van der Waals surface area (Å²) in [6, 6.07) is 12.5. The molecule has 5 nitrogen and oxygen atoms in total. The van der Waals surface area contributed by atoms with Crippen LogP contribution < -0.4 is 9.80 Å². The minimum Gasteiger partial charge on any atom is -0.367 e. The predicted octanol–water partition coefficient (Wildman–Crippen LogP) is 3.51. The van der Waals surface area contributed by atoms with Crippen molar-refractivity contribution in [3.05, 3.63) is 59.4 Å². The monoisotopic (exact) mass is 397 g/mol. The van der Waals surface area contributed by atoms with Gasteiger partial charge in [0.2, 0.25) is 5.91 Å². The number of amides is 1. The van der Waals surface area contributed by atoms with E-state index in [4.69, 9.17) is 0 Å². The number of hydrogen-bond donors (Lipinski definition) is 0. The first-order chi connectivity index (χ1) is 13.9. The molecule has 154 valence electrons. The van der Waals surface area contributed by atoms with E-state index in [1.807, 2.05) is 47.9 Å². The van der Waals surface area contributed by atoms with Gasteiger partial charge in [0.05, 0.1) is 12.2 Å². The summed E-state index contributed by atoms with van der Waals surface area (Å²) in [5.74, 6) is -0.445. The van der Waals surface area contributed by atoms with E-state index in [0.717, 1.165) is 11.3 Å². The van der Waals surface area contributed by atoms with Crippen molar-refractivity contribution in [2.75, 3.05) is 49.1 Å². The number of aryl methyl sites for hydroxylation is 1. The van der Waals surface area contributed by atoms with E-state index in [-0.39, 0.29) is 17.5 Å². The number of piperazine rings is 1. The topological polar surface area (TPSA) is 43.9 Å². The standard InChI is InChI=1S/C23H28FN3O2/c1-4-27(21-8-6-5-7-17(21)2)23(29)16-25-11-13-26(14-12-25)22-10-9-19(18(3)28)15-20(22)24/h5-10,15H,4,11-14,16H2,1-3H3. The Balaban J connectivity index is 1.60. The third-order valence-corrected chi connectivity index (χ3v) is 5.45. The maximum absolute atomic E-state index is 14.4. The first-order valence-corrected chi connectivity index (χ1v) is 10.0. The van der Waals surface area contributed by atoms with Crippen LogP contribution in [0, 0.1) is 12.7 Å². The van der Waals surface area contributed by atoms with Gasteiger partial charge in [-0.15, -0.1) is 0 Å². The molecule has 1 saturated heterocycles. The number of para-hydroxylation sites is 1. The van der Waals surface area contributed by atoms with Crippen molar-refractivity contribution >= 4 is 23.1 Å². The number of Topliss-reactive ketones (excluding diaryl/α,β-unsaturated/α-hetero) is 1. The number of hydrogen-bond acceptors (Lipinski definition) is 4. The largest absolute Gasteiger partial charge is 0.367 e. The number of likely N-dealkylation sites (N-methyl/N-ethyl adjacent to an activating group) is 1. The molecule has 29 heavy (non-hydrogen) atoms. The molecule has 0 N–H and O–H groups in total. The van der Waals surface area contributed by atoms with Crippen molar-refractivity contribution in [1.29, 1.82) is 0 Å². The molecule has 1 heterocycles. The summed E-state index contributed by atoms with van der Waals surface area (Å²) < 4.78 is 14.4. The summed E-state index contributed by atoms with van der Waals surface area (Å²) >= 11 is 0. The highest BCUT2D eigenvalue weighted by Crippen LogP contribution is 2.23. The van der Waals surface area contributed by atoms with Gasteiger partial charge < -0.3 is 9.80 Å². The van der Waals surface area contributed by atoms with E-state index < -0.39 is 0 Å². The first-order valence-electron chi connectivity index (χ1n) is 10.0. The second-order valence-corrected chi connectivity index (χ2v) is 7.41. The smallest absolute Gasteiger partial charge is 0.241 e. The summed E-state index contributed by atoms with van der Waals surface area (Å²) in [4.78, 5) is 30.2. The number of rotatable bonds is 6. The zero-order valence-corrected chi connectivity index (χ0v) is 17.3. The zero-order chi connectivity index (χ0) is 21.0. The lowest BCUT2D eigenvalue weighted by molar-refractivity contribution is -0.119. The Hall–Kier alpha value is -2.73. The zero-order valence-electron chi connectivity index (χ0n) is 17.3. The summed E-state index contributed by atoms with van der Waals surface area (Å²) in [6.07, 6.45) is 0. The van der Waals surface area contributed by atoms with Crippen LogP contribution in [0.25, 0.3) is 0 Å².